The van der Waals surface area contributed by atoms with Crippen LogP contribution in [0.2, 0.25) is 15.1 Å². The molecule has 0 fully saturated rings. The smallest absolute Gasteiger partial charge is 0.297 e. The van der Waals surface area contributed by atoms with Crippen LogP contribution in [-0.4, -0.2) is 21.1 Å². The highest BCUT2D eigenvalue weighted by molar-refractivity contribution is 7.86. The van der Waals surface area contributed by atoms with E-state index in [9.17, 15) is 8.42 Å². The molecule has 1 heterocycles. The van der Waals surface area contributed by atoms with E-state index in [1.165, 1.54) is 12.1 Å². The van der Waals surface area contributed by atoms with Crippen molar-refractivity contribution in [2.45, 2.75) is 24.3 Å². The standard InChI is InChI=1S/C22H17Cl3O4S/c1-13-5-7-17(8-6-13)30(26,27)28-12-16-10-14-9-15(23)11-19(22(14)29-16)18-3-2-4-20(24)21(18)25/h2-9,11,16H,10,12H2,1H3. The van der Waals surface area contributed by atoms with Gasteiger partial charge in [0.25, 0.3) is 10.1 Å². The van der Waals surface area contributed by atoms with Crippen LogP contribution in [0.25, 0.3) is 11.1 Å². The fourth-order valence-corrected chi connectivity index (χ4v) is 4.92. The van der Waals surface area contributed by atoms with Gasteiger partial charge in [-0.2, -0.15) is 8.42 Å². The number of fused-ring (bicyclic) bond motifs is 1. The summed E-state index contributed by atoms with van der Waals surface area (Å²) in [5, 5.41) is 1.34. The molecule has 3 aromatic rings. The molecule has 1 aliphatic heterocycles. The van der Waals surface area contributed by atoms with Gasteiger partial charge in [0.1, 0.15) is 18.5 Å². The Bertz CT molecular complexity index is 1210. The predicted octanol–water partition coefficient (Wildman–Crippen LogP) is 6.33. The average Bonchev–Trinajstić information content (AvgIpc) is 3.11. The number of ether oxygens (including phenoxy) is 1. The fraction of sp³-hybridized carbons (Fsp3) is 0.182. The summed E-state index contributed by atoms with van der Waals surface area (Å²) in [6.45, 7) is 1.76. The molecule has 3 aromatic carbocycles. The monoisotopic (exact) mass is 482 g/mol. The van der Waals surface area contributed by atoms with E-state index in [1.807, 2.05) is 13.0 Å². The number of aryl methyl sites for hydroxylation is 1. The van der Waals surface area contributed by atoms with E-state index >= 15 is 0 Å². The summed E-state index contributed by atoms with van der Waals surface area (Å²) in [7, 11) is -3.88. The van der Waals surface area contributed by atoms with Crippen molar-refractivity contribution in [2.75, 3.05) is 6.61 Å². The zero-order valence-electron chi connectivity index (χ0n) is 15.9. The van der Waals surface area contributed by atoms with Crippen LogP contribution in [0.15, 0.2) is 59.5 Å². The molecular weight excluding hydrogens is 467 g/mol. The zero-order valence-corrected chi connectivity index (χ0v) is 18.9. The molecule has 1 atom stereocenters. The van der Waals surface area contributed by atoms with Gasteiger partial charge >= 0.3 is 0 Å². The zero-order chi connectivity index (χ0) is 21.5. The summed E-state index contributed by atoms with van der Waals surface area (Å²) in [5.74, 6) is 0.602. The molecule has 1 unspecified atom stereocenters. The highest BCUT2D eigenvalue weighted by atomic mass is 35.5. The highest BCUT2D eigenvalue weighted by Gasteiger charge is 2.29. The summed E-state index contributed by atoms with van der Waals surface area (Å²) in [4.78, 5) is 0.109. The number of halogens is 3. The SMILES string of the molecule is Cc1ccc(S(=O)(=O)OCC2Cc3cc(Cl)cc(-c4cccc(Cl)c4Cl)c3O2)cc1. The Labute approximate surface area is 190 Å². The lowest BCUT2D eigenvalue weighted by molar-refractivity contribution is 0.152. The minimum atomic E-state index is -3.88. The number of benzene rings is 3. The molecule has 0 radical (unpaired) electrons. The molecule has 0 aliphatic carbocycles. The van der Waals surface area contributed by atoms with Gasteiger partial charge in [-0.05, 0) is 37.3 Å². The molecule has 4 nitrogen and oxygen atoms in total. The van der Waals surface area contributed by atoms with E-state index < -0.39 is 16.2 Å². The van der Waals surface area contributed by atoms with E-state index in [-0.39, 0.29) is 11.5 Å². The van der Waals surface area contributed by atoms with Crippen LogP contribution in [0.3, 0.4) is 0 Å². The van der Waals surface area contributed by atoms with Gasteiger partial charge < -0.3 is 4.74 Å². The maximum atomic E-state index is 12.5. The molecule has 0 aromatic heterocycles. The first-order valence-electron chi connectivity index (χ1n) is 9.14. The minimum Gasteiger partial charge on any atom is -0.487 e. The van der Waals surface area contributed by atoms with Gasteiger partial charge in [0.05, 0.1) is 14.9 Å². The maximum absolute atomic E-state index is 12.5. The summed E-state index contributed by atoms with van der Waals surface area (Å²) >= 11 is 18.8. The number of rotatable bonds is 5. The molecule has 156 valence electrons. The van der Waals surface area contributed by atoms with E-state index in [4.69, 9.17) is 43.7 Å². The van der Waals surface area contributed by atoms with Crippen molar-refractivity contribution >= 4 is 44.9 Å². The van der Waals surface area contributed by atoms with Gasteiger partial charge in [-0.25, -0.2) is 0 Å². The van der Waals surface area contributed by atoms with Gasteiger partial charge in [-0.3, -0.25) is 4.18 Å². The van der Waals surface area contributed by atoms with E-state index in [1.54, 1.807) is 36.4 Å². The summed E-state index contributed by atoms with van der Waals surface area (Å²) < 4.78 is 36.2. The van der Waals surface area contributed by atoms with Crippen LogP contribution in [0.4, 0.5) is 0 Å². The third kappa shape index (κ3) is 4.32. The van der Waals surface area contributed by atoms with Gasteiger partial charge in [0.15, 0.2) is 0 Å². The molecule has 0 saturated heterocycles. The topological polar surface area (TPSA) is 52.6 Å². The Kier molecular flexibility index (Phi) is 6.02. The Hall–Kier alpha value is -1.76. The van der Waals surface area contributed by atoms with Crippen LogP contribution < -0.4 is 4.74 Å². The molecule has 30 heavy (non-hydrogen) atoms. The van der Waals surface area contributed by atoms with Crippen molar-refractivity contribution in [1.29, 1.82) is 0 Å². The van der Waals surface area contributed by atoms with Crippen LogP contribution in [0, 0.1) is 6.92 Å². The highest BCUT2D eigenvalue weighted by Crippen LogP contribution is 2.44. The summed E-state index contributed by atoms with van der Waals surface area (Å²) in [6, 6.07) is 15.4. The first kappa shape index (κ1) is 21.5. The van der Waals surface area contributed by atoms with Gasteiger partial charge in [-0.1, -0.05) is 64.6 Å². The Morgan fingerprint density at radius 3 is 2.50 bits per heavy atom. The summed E-state index contributed by atoms with van der Waals surface area (Å²) in [5.41, 5.74) is 3.22. The summed E-state index contributed by atoms with van der Waals surface area (Å²) in [6.07, 6.45) is -0.0137. The second kappa shape index (κ2) is 8.40. The predicted molar refractivity (Wildman–Crippen MR) is 119 cm³/mol. The van der Waals surface area contributed by atoms with Crippen molar-refractivity contribution in [3.63, 3.8) is 0 Å². The Morgan fingerprint density at radius 1 is 1.03 bits per heavy atom. The van der Waals surface area contributed by atoms with Crippen molar-refractivity contribution in [2.24, 2.45) is 0 Å². The van der Waals surface area contributed by atoms with Crippen molar-refractivity contribution in [3.05, 3.63) is 80.8 Å². The van der Waals surface area contributed by atoms with Crippen LogP contribution in [0.1, 0.15) is 11.1 Å². The molecule has 1 aliphatic rings. The number of hydrogen-bond acceptors (Lipinski definition) is 4. The third-order valence-corrected chi connectivity index (χ3v) is 7.16. The molecule has 0 amide bonds. The Morgan fingerprint density at radius 2 is 1.77 bits per heavy atom. The van der Waals surface area contributed by atoms with E-state index in [2.05, 4.69) is 0 Å². The molecule has 8 heteroatoms. The average molecular weight is 484 g/mol. The van der Waals surface area contributed by atoms with Crippen LogP contribution >= 0.6 is 34.8 Å². The molecule has 0 saturated carbocycles. The normalized spacial score (nSPS) is 15.7. The van der Waals surface area contributed by atoms with Gasteiger partial charge in [0.2, 0.25) is 0 Å². The first-order chi connectivity index (χ1) is 14.2. The second-order valence-corrected chi connectivity index (χ2v) is 9.88. The molecule has 0 N–H and O–H groups in total. The molecule has 0 spiro atoms. The minimum absolute atomic E-state index is 0.109. The third-order valence-electron chi connectivity index (χ3n) is 4.82. The Balaban J connectivity index is 1.56. The number of hydrogen-bond donors (Lipinski definition) is 0. The quantitative estimate of drug-likeness (QED) is 0.398. The molecule has 0 bridgehead atoms. The van der Waals surface area contributed by atoms with Gasteiger partial charge in [0, 0.05) is 28.1 Å². The van der Waals surface area contributed by atoms with Crippen molar-refractivity contribution in [3.8, 4) is 16.9 Å². The van der Waals surface area contributed by atoms with Crippen molar-refractivity contribution in [1.82, 2.24) is 0 Å². The van der Waals surface area contributed by atoms with E-state index in [0.717, 1.165) is 11.1 Å². The van der Waals surface area contributed by atoms with Crippen molar-refractivity contribution < 1.29 is 17.3 Å². The maximum Gasteiger partial charge on any atom is 0.297 e. The fourth-order valence-electron chi connectivity index (χ4n) is 3.34. The lowest BCUT2D eigenvalue weighted by atomic mass is 10.0. The van der Waals surface area contributed by atoms with Crippen LogP contribution in [0.5, 0.6) is 5.75 Å². The van der Waals surface area contributed by atoms with E-state index in [0.29, 0.717) is 38.4 Å². The second-order valence-electron chi connectivity index (χ2n) is 7.04. The molecule has 4 rings (SSSR count). The first-order valence-corrected chi connectivity index (χ1v) is 11.7. The lowest BCUT2D eigenvalue weighted by Gasteiger charge is -2.14. The van der Waals surface area contributed by atoms with Gasteiger partial charge in [-0.15, -0.1) is 0 Å². The lowest BCUT2D eigenvalue weighted by Crippen LogP contribution is -2.23. The largest absolute Gasteiger partial charge is 0.487 e. The van der Waals surface area contributed by atoms with Crippen LogP contribution in [-0.2, 0) is 20.7 Å². The molecular formula is C22H17Cl3O4S.